The Bertz CT molecular complexity index is 282. The van der Waals surface area contributed by atoms with Gasteiger partial charge >= 0.3 is 26.2 Å². The summed E-state index contributed by atoms with van der Waals surface area (Å²) in [6.45, 7) is 14.2. The summed E-state index contributed by atoms with van der Waals surface area (Å²) in [5.74, 6) is 1.50. The van der Waals surface area contributed by atoms with Crippen molar-refractivity contribution in [2.75, 3.05) is 0 Å². The third-order valence-corrected chi connectivity index (χ3v) is 2.12. The second kappa shape index (κ2) is 22.5. The molecule has 0 aliphatic carbocycles. The Kier molecular flexibility index (Phi) is 26.7. The second-order valence-electron chi connectivity index (χ2n) is 5.17. The van der Waals surface area contributed by atoms with Crippen LogP contribution in [0.1, 0.15) is 34.6 Å². The van der Waals surface area contributed by atoms with Crippen molar-refractivity contribution in [1.82, 2.24) is 0 Å². The minimum atomic E-state index is 0. The normalized spacial score (nSPS) is 8.86. The Labute approximate surface area is 158 Å². The molecule has 0 spiro atoms. The van der Waals surface area contributed by atoms with Crippen LogP contribution in [0, 0.1) is 25.2 Å². The van der Waals surface area contributed by atoms with Crippen LogP contribution in [-0.4, -0.2) is 0 Å². The Morgan fingerprint density at radius 1 is 0.818 bits per heavy atom. The van der Waals surface area contributed by atoms with Crippen molar-refractivity contribution >= 4 is 0 Å². The quantitative estimate of drug-likeness (QED) is 0.512. The van der Waals surface area contributed by atoms with E-state index in [1.54, 1.807) is 6.08 Å². The molecule has 0 aliphatic rings. The van der Waals surface area contributed by atoms with Gasteiger partial charge in [-0.1, -0.05) is 27.7 Å². The van der Waals surface area contributed by atoms with E-state index in [0.717, 1.165) is 11.8 Å². The SMILES string of the molecule is CC(C)[CH-]C(C)C.[CH2-]/C=C/C.[Zr+4].c1cc[cH-]c1.c1cc[cH-]c1. The van der Waals surface area contributed by atoms with Gasteiger partial charge in [0.05, 0.1) is 0 Å². The topological polar surface area (TPSA) is 0 Å². The van der Waals surface area contributed by atoms with Crippen LogP contribution in [0.25, 0.3) is 0 Å². The largest absolute Gasteiger partial charge is 4.00 e. The van der Waals surface area contributed by atoms with Gasteiger partial charge in [-0.05, 0) is 0 Å². The van der Waals surface area contributed by atoms with E-state index in [2.05, 4.69) is 41.0 Å². The standard InChI is InChI=1S/C7H15.2C5H5.C4H7.Zr/c1-6(2)5-7(3)4;2*1-2-4-5-3-1;1-3-4-2;/h5-7H,1-4H3;2*1-5H;3-4H,1H2,2H3;/q4*-1;+4/b;;;4-3+;. The van der Waals surface area contributed by atoms with Crippen LogP contribution in [0.3, 0.4) is 0 Å². The molecule has 0 radical (unpaired) electrons. The molecule has 0 saturated heterocycles. The zero-order chi connectivity index (χ0) is 16.3. The van der Waals surface area contributed by atoms with Crippen molar-refractivity contribution in [2.24, 2.45) is 11.8 Å². The number of allylic oxidation sites excluding steroid dienone is 2. The van der Waals surface area contributed by atoms with E-state index in [-0.39, 0.29) is 26.2 Å². The molecular formula is C21H32Zr. The third-order valence-electron chi connectivity index (χ3n) is 2.12. The summed E-state index contributed by atoms with van der Waals surface area (Å²) >= 11 is 0. The zero-order valence-corrected chi connectivity index (χ0v) is 17.3. The molecule has 0 aliphatic heterocycles. The molecule has 0 saturated carbocycles. The van der Waals surface area contributed by atoms with E-state index in [0.29, 0.717) is 0 Å². The molecule has 0 unspecified atom stereocenters. The molecule has 22 heavy (non-hydrogen) atoms. The van der Waals surface area contributed by atoms with Crippen LogP contribution in [-0.2, 0) is 26.2 Å². The van der Waals surface area contributed by atoms with Gasteiger partial charge in [-0.15, -0.1) is 6.92 Å². The van der Waals surface area contributed by atoms with Gasteiger partial charge in [0.15, 0.2) is 0 Å². The molecule has 1 heteroatoms. The minimum Gasteiger partial charge on any atom is -0.323 e. The maximum atomic E-state index is 3.42. The van der Waals surface area contributed by atoms with Gasteiger partial charge in [-0.2, -0.15) is 48.2 Å². The minimum absolute atomic E-state index is 0. The number of hydrogen-bond donors (Lipinski definition) is 0. The fourth-order valence-electron chi connectivity index (χ4n) is 1.41. The van der Waals surface area contributed by atoms with Gasteiger partial charge in [-0.25, -0.2) is 43.3 Å². The van der Waals surface area contributed by atoms with Crippen LogP contribution in [0.2, 0.25) is 0 Å². The van der Waals surface area contributed by atoms with E-state index >= 15 is 0 Å². The van der Waals surface area contributed by atoms with Gasteiger partial charge in [0.2, 0.25) is 0 Å². The summed E-state index contributed by atoms with van der Waals surface area (Å²) < 4.78 is 0. The summed E-state index contributed by atoms with van der Waals surface area (Å²) in [4.78, 5) is 0. The molecule has 0 heterocycles. The second-order valence-corrected chi connectivity index (χ2v) is 5.17. The molecule has 120 valence electrons. The predicted molar refractivity (Wildman–Crippen MR) is 98.2 cm³/mol. The first-order valence-electron chi connectivity index (χ1n) is 7.63. The molecule has 0 fully saturated rings. The molecule has 0 nitrogen and oxygen atoms in total. The first kappa shape index (κ1) is 26.1. The van der Waals surface area contributed by atoms with E-state index in [1.165, 1.54) is 0 Å². The van der Waals surface area contributed by atoms with Crippen molar-refractivity contribution in [3.8, 4) is 0 Å². The summed E-state index contributed by atoms with van der Waals surface area (Å²) in [5.41, 5.74) is 0. The molecule has 0 bridgehead atoms. The average molecular weight is 376 g/mol. The maximum absolute atomic E-state index is 3.42. The zero-order valence-electron chi connectivity index (χ0n) is 14.9. The van der Waals surface area contributed by atoms with Crippen molar-refractivity contribution in [2.45, 2.75) is 34.6 Å². The molecule has 2 aromatic carbocycles. The van der Waals surface area contributed by atoms with Gasteiger partial charge < -0.3 is 6.42 Å². The van der Waals surface area contributed by atoms with E-state index < -0.39 is 0 Å². The Morgan fingerprint density at radius 3 is 1.14 bits per heavy atom. The maximum Gasteiger partial charge on any atom is 4.00 e. The van der Waals surface area contributed by atoms with E-state index in [4.69, 9.17) is 0 Å². The third kappa shape index (κ3) is 31.5. The van der Waals surface area contributed by atoms with Crippen molar-refractivity contribution in [3.63, 3.8) is 0 Å². The first-order chi connectivity index (χ1) is 10.0. The van der Waals surface area contributed by atoms with Crippen LogP contribution in [0.15, 0.2) is 72.8 Å². The number of rotatable bonds is 2. The van der Waals surface area contributed by atoms with Gasteiger partial charge in [0.1, 0.15) is 0 Å². The molecule has 0 aromatic heterocycles. The van der Waals surface area contributed by atoms with E-state index in [1.807, 2.05) is 73.7 Å². The van der Waals surface area contributed by atoms with Crippen LogP contribution < -0.4 is 0 Å². The first-order valence-corrected chi connectivity index (χ1v) is 7.63. The monoisotopic (exact) mass is 374 g/mol. The van der Waals surface area contributed by atoms with Gasteiger partial charge in [0, 0.05) is 0 Å². The Hall–Kier alpha value is -0.807. The Morgan fingerprint density at radius 2 is 1.09 bits per heavy atom. The van der Waals surface area contributed by atoms with E-state index in [9.17, 15) is 0 Å². The van der Waals surface area contributed by atoms with Crippen molar-refractivity contribution in [1.29, 1.82) is 0 Å². The molecule has 0 amide bonds. The van der Waals surface area contributed by atoms with Crippen LogP contribution >= 0.6 is 0 Å². The van der Waals surface area contributed by atoms with Crippen molar-refractivity contribution in [3.05, 3.63) is 86.2 Å². The molecular weight excluding hydrogens is 343 g/mol. The number of hydrogen-bond acceptors (Lipinski definition) is 0. The van der Waals surface area contributed by atoms with Crippen LogP contribution in [0.4, 0.5) is 0 Å². The fourth-order valence-corrected chi connectivity index (χ4v) is 1.41. The molecule has 0 N–H and O–H groups in total. The molecule has 2 rings (SSSR count). The summed E-state index contributed by atoms with van der Waals surface area (Å²) in [6.07, 6.45) is 5.97. The molecule has 2 aromatic rings. The smallest absolute Gasteiger partial charge is 0.323 e. The Balaban J connectivity index is -0.000000219. The van der Waals surface area contributed by atoms with Gasteiger partial charge in [-0.3, -0.25) is 0 Å². The summed E-state index contributed by atoms with van der Waals surface area (Å²) in [5, 5.41) is 0. The summed E-state index contributed by atoms with van der Waals surface area (Å²) in [6, 6.07) is 20.0. The fraction of sp³-hybridized carbons (Fsp3) is 0.333. The van der Waals surface area contributed by atoms with Crippen molar-refractivity contribution < 1.29 is 26.2 Å². The molecule has 0 atom stereocenters. The average Bonchev–Trinajstić information content (AvgIpc) is 3.14. The van der Waals surface area contributed by atoms with Gasteiger partial charge in [0.25, 0.3) is 0 Å². The predicted octanol–water partition coefficient (Wildman–Crippen LogP) is 6.71. The summed E-state index contributed by atoms with van der Waals surface area (Å²) in [7, 11) is 0. The van der Waals surface area contributed by atoms with Crippen LogP contribution in [0.5, 0.6) is 0 Å².